The molecule has 1 heterocycles. The van der Waals surface area contributed by atoms with Crippen molar-refractivity contribution in [3.8, 4) is 0 Å². The van der Waals surface area contributed by atoms with E-state index in [1.165, 1.54) is 12.0 Å². The van der Waals surface area contributed by atoms with Crippen LogP contribution in [0, 0.1) is 17.8 Å². The van der Waals surface area contributed by atoms with Crippen molar-refractivity contribution in [3.63, 3.8) is 0 Å². The van der Waals surface area contributed by atoms with E-state index < -0.39 is 20.5 Å². The number of ether oxygens (including phenoxy) is 4. The van der Waals surface area contributed by atoms with E-state index in [9.17, 15) is 5.11 Å². The van der Waals surface area contributed by atoms with Crippen molar-refractivity contribution in [3.05, 3.63) is 71.8 Å². The molecule has 0 amide bonds. The lowest BCUT2D eigenvalue weighted by atomic mass is 9.88. The van der Waals surface area contributed by atoms with Crippen LogP contribution in [0.15, 0.2) is 60.7 Å². The number of hydrogen-bond donors (Lipinski definition) is 1. The molecule has 6 nitrogen and oxygen atoms in total. The highest BCUT2D eigenvalue weighted by molar-refractivity contribution is 8.18. The third kappa shape index (κ3) is 14.5. The normalized spacial score (nSPS) is 18.6. The molecule has 3 rings (SSSR count). The maximum absolute atomic E-state index is 12.3. The SMILES string of the molecule is COCO[C@@H]([C@H](O)CC1([C@@H](C)C[C@@H](C)CO[Si](C(C)C)(C(C)C)C(C)C)SCCCS1)[C@@H](C[C@H](C)CCOCc1ccccc1)OCc1ccccc1. The van der Waals surface area contributed by atoms with Gasteiger partial charge < -0.3 is 28.5 Å². The average molecular weight is 791 g/mol. The number of aliphatic hydroxyl groups excluding tert-OH is 1. The van der Waals surface area contributed by atoms with E-state index >= 15 is 0 Å². The fourth-order valence-electron chi connectivity index (χ4n) is 8.49. The summed E-state index contributed by atoms with van der Waals surface area (Å²) in [6, 6.07) is 20.6. The first-order valence-electron chi connectivity index (χ1n) is 20.3. The summed E-state index contributed by atoms with van der Waals surface area (Å²) in [5, 5.41) is 12.3. The second-order valence-corrected chi connectivity index (χ2v) is 25.1. The Morgan fingerprint density at radius 2 is 1.30 bits per heavy atom. The van der Waals surface area contributed by atoms with Crippen molar-refractivity contribution in [1.29, 1.82) is 0 Å². The summed E-state index contributed by atoms with van der Waals surface area (Å²) in [6.07, 6.45) is 2.96. The minimum absolute atomic E-state index is 0.103. The molecule has 53 heavy (non-hydrogen) atoms. The molecular formula is C44H74O6S2Si. The predicted octanol–water partition coefficient (Wildman–Crippen LogP) is 11.4. The molecule has 9 heteroatoms. The molecule has 2 aromatic carbocycles. The highest BCUT2D eigenvalue weighted by Crippen LogP contribution is 2.53. The van der Waals surface area contributed by atoms with Gasteiger partial charge in [0, 0.05) is 26.7 Å². The third-order valence-corrected chi connectivity index (χ3v) is 21.1. The van der Waals surface area contributed by atoms with E-state index in [2.05, 4.69) is 86.6 Å². The molecule has 1 saturated heterocycles. The van der Waals surface area contributed by atoms with Crippen LogP contribution < -0.4 is 0 Å². The molecule has 6 atom stereocenters. The van der Waals surface area contributed by atoms with E-state index in [1.54, 1.807) is 7.11 Å². The zero-order chi connectivity index (χ0) is 38.9. The van der Waals surface area contributed by atoms with Crippen molar-refractivity contribution >= 4 is 31.8 Å². The number of rotatable bonds is 26. The maximum atomic E-state index is 12.3. The van der Waals surface area contributed by atoms with Crippen LogP contribution in [0.3, 0.4) is 0 Å². The van der Waals surface area contributed by atoms with Gasteiger partial charge in [0.25, 0.3) is 0 Å². The van der Waals surface area contributed by atoms with Crippen molar-refractivity contribution in [2.45, 2.75) is 147 Å². The fraction of sp³-hybridized carbons (Fsp3) is 0.727. The Bertz CT molecular complexity index is 1210. The molecule has 302 valence electrons. The zero-order valence-electron chi connectivity index (χ0n) is 34.8. The molecule has 0 aliphatic carbocycles. The quantitative estimate of drug-likeness (QED) is 0.0574. The van der Waals surface area contributed by atoms with Crippen LogP contribution in [0.1, 0.15) is 106 Å². The van der Waals surface area contributed by atoms with Crippen molar-refractivity contribution in [1.82, 2.24) is 0 Å². The Hall–Kier alpha value is -0.883. The Balaban J connectivity index is 1.76. The van der Waals surface area contributed by atoms with E-state index in [4.69, 9.17) is 23.4 Å². The summed E-state index contributed by atoms with van der Waals surface area (Å²) in [7, 11) is -0.296. The molecule has 0 radical (unpaired) electrons. The molecule has 1 aliphatic rings. The number of methoxy groups -OCH3 is 1. The molecule has 0 bridgehead atoms. The summed E-state index contributed by atoms with van der Waals surface area (Å²) in [4.78, 5) is 0. The van der Waals surface area contributed by atoms with Gasteiger partial charge >= 0.3 is 0 Å². The second-order valence-electron chi connectivity index (χ2n) is 16.5. The standard InChI is InChI=1S/C44H74O6S2Si/c1-33(2)53(34(3)4,35(5)6)50-29-37(8)26-38(9)44(51-24-17-25-52-44)28-41(45)43(49-32-46-10)42(48-31-40-20-15-12-16-21-40)27-36(7)22-23-47-30-39-18-13-11-14-19-39/h11-16,18-21,33-38,41-43,45H,17,22-32H2,1-10H3/t36-,37-,38+,41-,42-,43+/m1/s1. The van der Waals surface area contributed by atoms with Crippen LogP contribution in [0.25, 0.3) is 0 Å². The number of aliphatic hydroxyl groups is 1. The molecule has 0 spiro atoms. The van der Waals surface area contributed by atoms with Gasteiger partial charge in [-0.15, -0.1) is 23.5 Å². The van der Waals surface area contributed by atoms with Gasteiger partial charge in [-0.3, -0.25) is 0 Å². The fourth-order valence-corrected chi connectivity index (χ4v) is 17.7. The summed E-state index contributed by atoms with van der Waals surface area (Å²) in [6.45, 7) is 23.8. The Morgan fingerprint density at radius 3 is 1.85 bits per heavy atom. The van der Waals surface area contributed by atoms with Crippen LogP contribution in [0.4, 0.5) is 0 Å². The van der Waals surface area contributed by atoms with Gasteiger partial charge in [-0.25, -0.2) is 0 Å². The van der Waals surface area contributed by atoms with Crippen molar-refractivity contribution < 1.29 is 28.5 Å². The monoisotopic (exact) mass is 790 g/mol. The van der Waals surface area contributed by atoms with Crippen LogP contribution in [-0.4, -0.2) is 74.4 Å². The Morgan fingerprint density at radius 1 is 0.736 bits per heavy atom. The van der Waals surface area contributed by atoms with Gasteiger partial charge in [0.05, 0.1) is 29.5 Å². The van der Waals surface area contributed by atoms with Gasteiger partial charge in [0.15, 0.2) is 8.32 Å². The molecule has 1 fully saturated rings. The molecule has 2 aromatic rings. The average Bonchev–Trinajstić information content (AvgIpc) is 3.13. The number of benzene rings is 2. The lowest BCUT2D eigenvalue weighted by Crippen LogP contribution is -2.49. The van der Waals surface area contributed by atoms with Gasteiger partial charge in [0.1, 0.15) is 12.9 Å². The molecule has 0 unspecified atom stereocenters. The van der Waals surface area contributed by atoms with Gasteiger partial charge in [0.2, 0.25) is 0 Å². The van der Waals surface area contributed by atoms with Gasteiger partial charge in [-0.05, 0) is 82.7 Å². The zero-order valence-corrected chi connectivity index (χ0v) is 37.4. The van der Waals surface area contributed by atoms with Crippen LogP contribution in [-0.2, 0) is 36.6 Å². The van der Waals surface area contributed by atoms with Crippen molar-refractivity contribution in [2.24, 2.45) is 17.8 Å². The molecular weight excluding hydrogens is 717 g/mol. The first kappa shape index (κ1) is 46.5. The summed E-state index contributed by atoms with van der Waals surface area (Å²) < 4.78 is 31.6. The van der Waals surface area contributed by atoms with E-state index in [0.29, 0.717) is 60.6 Å². The topological polar surface area (TPSA) is 66.4 Å². The first-order chi connectivity index (χ1) is 25.3. The minimum atomic E-state index is -1.94. The lowest BCUT2D eigenvalue weighted by molar-refractivity contribution is -0.173. The third-order valence-electron chi connectivity index (χ3n) is 11.2. The minimum Gasteiger partial charge on any atom is -0.416 e. The molecule has 0 aromatic heterocycles. The summed E-state index contributed by atoms with van der Waals surface area (Å²) in [5.74, 6) is 3.33. The molecule has 1 N–H and O–H groups in total. The van der Waals surface area contributed by atoms with Crippen LogP contribution >= 0.6 is 23.5 Å². The highest BCUT2D eigenvalue weighted by atomic mass is 32.2. The molecule has 0 saturated carbocycles. The van der Waals surface area contributed by atoms with Crippen molar-refractivity contribution in [2.75, 3.05) is 38.6 Å². The largest absolute Gasteiger partial charge is 0.416 e. The van der Waals surface area contributed by atoms with E-state index in [1.807, 2.05) is 59.9 Å². The number of thioether (sulfide) groups is 2. The van der Waals surface area contributed by atoms with Crippen LogP contribution in [0.2, 0.25) is 16.6 Å². The smallest absolute Gasteiger partial charge is 0.200 e. The van der Waals surface area contributed by atoms with E-state index in [0.717, 1.165) is 42.9 Å². The summed E-state index contributed by atoms with van der Waals surface area (Å²) in [5.41, 5.74) is 4.01. The molecule has 1 aliphatic heterocycles. The van der Waals surface area contributed by atoms with Gasteiger partial charge in [-0.1, -0.05) is 123 Å². The summed E-state index contributed by atoms with van der Waals surface area (Å²) >= 11 is 4.09. The number of hydrogen-bond acceptors (Lipinski definition) is 8. The maximum Gasteiger partial charge on any atom is 0.200 e. The second kappa shape index (κ2) is 24.0. The first-order valence-corrected chi connectivity index (χ1v) is 24.4. The van der Waals surface area contributed by atoms with Gasteiger partial charge in [-0.2, -0.15) is 0 Å². The predicted molar refractivity (Wildman–Crippen MR) is 229 cm³/mol. The Kier molecular flexibility index (Phi) is 21.1. The Labute approximate surface area is 333 Å². The highest BCUT2D eigenvalue weighted by Gasteiger charge is 2.47. The van der Waals surface area contributed by atoms with E-state index in [-0.39, 0.29) is 17.0 Å². The van der Waals surface area contributed by atoms with Crippen LogP contribution in [0.5, 0.6) is 0 Å². The lowest BCUT2D eigenvalue weighted by Gasteiger charge is -2.45.